The summed E-state index contributed by atoms with van der Waals surface area (Å²) in [5, 5.41) is 0. The fourth-order valence-electron chi connectivity index (χ4n) is 3.11. The van der Waals surface area contributed by atoms with Crippen molar-refractivity contribution in [2.24, 2.45) is 0 Å². The summed E-state index contributed by atoms with van der Waals surface area (Å²) in [4.78, 5) is 15.1. The first-order valence-corrected chi connectivity index (χ1v) is 9.04. The van der Waals surface area contributed by atoms with Crippen molar-refractivity contribution in [3.05, 3.63) is 87.8 Å². The van der Waals surface area contributed by atoms with Crippen LogP contribution in [0.2, 0.25) is 0 Å². The molecule has 0 radical (unpaired) electrons. The monoisotopic (exact) mass is 359 g/mol. The van der Waals surface area contributed by atoms with E-state index in [9.17, 15) is 4.79 Å². The third kappa shape index (κ3) is 4.20. The Labute approximate surface area is 160 Å². The molecule has 3 nitrogen and oxygen atoms in total. The minimum Gasteiger partial charge on any atom is -0.496 e. The van der Waals surface area contributed by atoms with E-state index in [-0.39, 0.29) is 11.0 Å². The van der Waals surface area contributed by atoms with E-state index in [2.05, 4.69) is 50.0 Å². The number of H-pyrrole nitrogens is 1. The van der Waals surface area contributed by atoms with Gasteiger partial charge in [0, 0.05) is 22.9 Å². The van der Waals surface area contributed by atoms with Crippen molar-refractivity contribution < 1.29 is 4.74 Å². The maximum Gasteiger partial charge on any atom is 0.255 e. The number of hydrogen-bond donors (Lipinski definition) is 1. The van der Waals surface area contributed by atoms with Gasteiger partial charge in [-0.05, 0) is 40.8 Å². The number of rotatable bonds is 4. The summed E-state index contributed by atoms with van der Waals surface area (Å²) in [6.45, 7) is 6.44. The second kappa shape index (κ2) is 7.67. The zero-order chi connectivity index (χ0) is 19.4. The number of benzene rings is 2. The van der Waals surface area contributed by atoms with Crippen LogP contribution in [0, 0.1) is 0 Å². The largest absolute Gasteiger partial charge is 0.496 e. The van der Waals surface area contributed by atoms with Gasteiger partial charge in [0.25, 0.3) is 5.56 Å². The number of aromatic nitrogens is 1. The van der Waals surface area contributed by atoms with Crippen molar-refractivity contribution in [2.75, 3.05) is 7.11 Å². The predicted molar refractivity (Wildman–Crippen MR) is 113 cm³/mol. The Balaban J connectivity index is 2.21. The van der Waals surface area contributed by atoms with Gasteiger partial charge in [0.1, 0.15) is 5.75 Å². The zero-order valence-electron chi connectivity index (χ0n) is 16.2. The molecule has 0 aliphatic heterocycles. The Morgan fingerprint density at radius 1 is 0.963 bits per heavy atom. The van der Waals surface area contributed by atoms with Crippen LogP contribution >= 0.6 is 0 Å². The Kier molecular flexibility index (Phi) is 5.31. The van der Waals surface area contributed by atoms with E-state index >= 15 is 0 Å². The summed E-state index contributed by atoms with van der Waals surface area (Å²) in [5.41, 5.74) is 4.44. The van der Waals surface area contributed by atoms with Gasteiger partial charge in [-0.3, -0.25) is 4.79 Å². The van der Waals surface area contributed by atoms with E-state index < -0.39 is 0 Å². The van der Waals surface area contributed by atoms with Crippen LogP contribution in [-0.4, -0.2) is 12.1 Å². The Morgan fingerprint density at radius 2 is 1.70 bits per heavy atom. The van der Waals surface area contributed by atoms with E-state index in [1.54, 1.807) is 13.3 Å². The molecule has 0 amide bonds. The first kappa shape index (κ1) is 18.7. The average molecular weight is 359 g/mol. The molecule has 0 unspecified atom stereocenters. The van der Waals surface area contributed by atoms with Gasteiger partial charge in [0.05, 0.1) is 7.11 Å². The quantitative estimate of drug-likeness (QED) is 0.623. The Hall–Kier alpha value is -3.07. The van der Waals surface area contributed by atoms with Crippen LogP contribution in [0.4, 0.5) is 0 Å². The van der Waals surface area contributed by atoms with Gasteiger partial charge in [-0.25, -0.2) is 0 Å². The van der Waals surface area contributed by atoms with Gasteiger partial charge in [-0.1, -0.05) is 63.3 Å². The highest BCUT2D eigenvalue weighted by Crippen LogP contribution is 2.38. The number of nitrogens with one attached hydrogen (secondary N) is 1. The molecule has 2 aromatic carbocycles. The van der Waals surface area contributed by atoms with Crippen LogP contribution in [0.25, 0.3) is 23.3 Å². The highest BCUT2D eigenvalue weighted by Gasteiger charge is 2.22. The molecule has 0 atom stereocenters. The van der Waals surface area contributed by atoms with Crippen LogP contribution < -0.4 is 10.3 Å². The zero-order valence-corrected chi connectivity index (χ0v) is 16.2. The Bertz CT molecular complexity index is 1010. The number of ether oxygens (including phenoxy) is 1. The van der Waals surface area contributed by atoms with Gasteiger partial charge >= 0.3 is 0 Å². The smallest absolute Gasteiger partial charge is 0.255 e. The van der Waals surface area contributed by atoms with E-state index in [0.29, 0.717) is 5.56 Å². The van der Waals surface area contributed by atoms with Crippen LogP contribution in [0.3, 0.4) is 0 Å². The van der Waals surface area contributed by atoms with E-state index in [1.807, 2.05) is 42.5 Å². The number of pyridine rings is 1. The molecule has 0 aliphatic rings. The van der Waals surface area contributed by atoms with Crippen molar-refractivity contribution in [3.63, 3.8) is 0 Å². The Morgan fingerprint density at radius 3 is 2.33 bits per heavy atom. The van der Waals surface area contributed by atoms with Crippen LogP contribution in [0.5, 0.6) is 5.75 Å². The summed E-state index contributed by atoms with van der Waals surface area (Å²) in [6, 6.07) is 17.9. The van der Waals surface area contributed by atoms with E-state index in [4.69, 9.17) is 4.74 Å². The molecule has 0 saturated carbocycles. The minimum absolute atomic E-state index is 0.0967. The molecule has 3 rings (SSSR count). The van der Waals surface area contributed by atoms with Gasteiger partial charge in [0.2, 0.25) is 0 Å². The molecule has 1 N–H and O–H groups in total. The summed E-state index contributed by atoms with van der Waals surface area (Å²) < 4.78 is 5.78. The average Bonchev–Trinajstić information content (AvgIpc) is 2.66. The predicted octanol–water partition coefficient (Wildman–Crippen LogP) is 5.52. The lowest BCUT2D eigenvalue weighted by Crippen LogP contribution is -2.15. The maximum absolute atomic E-state index is 12.3. The fourth-order valence-corrected chi connectivity index (χ4v) is 3.11. The first-order chi connectivity index (χ1) is 12.9. The van der Waals surface area contributed by atoms with Gasteiger partial charge in [0.15, 0.2) is 0 Å². The molecule has 3 aromatic rings. The highest BCUT2D eigenvalue weighted by molar-refractivity contribution is 5.78. The maximum atomic E-state index is 12.3. The molecule has 27 heavy (non-hydrogen) atoms. The van der Waals surface area contributed by atoms with Gasteiger partial charge in [-0.15, -0.1) is 0 Å². The van der Waals surface area contributed by atoms with Crippen molar-refractivity contribution in [3.8, 4) is 16.9 Å². The van der Waals surface area contributed by atoms with Crippen LogP contribution in [0.15, 0.2) is 65.6 Å². The van der Waals surface area contributed by atoms with Crippen molar-refractivity contribution >= 4 is 12.2 Å². The normalized spacial score (nSPS) is 11.7. The first-order valence-electron chi connectivity index (χ1n) is 9.04. The third-order valence-electron chi connectivity index (χ3n) is 4.51. The summed E-state index contributed by atoms with van der Waals surface area (Å²) in [6.07, 6.45) is 5.75. The molecule has 0 bridgehead atoms. The molecule has 1 heterocycles. The van der Waals surface area contributed by atoms with Crippen molar-refractivity contribution in [1.29, 1.82) is 0 Å². The van der Waals surface area contributed by atoms with Crippen molar-refractivity contribution in [2.45, 2.75) is 26.2 Å². The number of methoxy groups -OCH3 is 1. The lowest BCUT2D eigenvalue weighted by Gasteiger charge is -2.24. The molecule has 0 saturated heterocycles. The molecule has 0 aliphatic carbocycles. The van der Waals surface area contributed by atoms with E-state index in [0.717, 1.165) is 28.0 Å². The molecule has 3 heteroatoms. The topological polar surface area (TPSA) is 42.1 Å². The highest BCUT2D eigenvalue weighted by atomic mass is 16.5. The van der Waals surface area contributed by atoms with E-state index in [1.165, 1.54) is 0 Å². The lowest BCUT2D eigenvalue weighted by atomic mass is 9.83. The number of hydrogen-bond acceptors (Lipinski definition) is 2. The summed E-state index contributed by atoms with van der Waals surface area (Å²) in [7, 11) is 1.69. The molecule has 138 valence electrons. The third-order valence-corrected chi connectivity index (χ3v) is 4.51. The SMILES string of the molecule is COc1c(C=Cc2ccccc2)cc(-c2ccc[nH]c2=O)cc1C(C)(C)C. The summed E-state index contributed by atoms with van der Waals surface area (Å²) >= 11 is 0. The molecule has 0 fully saturated rings. The molecule has 0 spiro atoms. The lowest BCUT2D eigenvalue weighted by molar-refractivity contribution is 0.397. The molecular weight excluding hydrogens is 334 g/mol. The second-order valence-corrected chi connectivity index (χ2v) is 7.55. The summed E-state index contributed by atoms with van der Waals surface area (Å²) in [5.74, 6) is 0.839. The van der Waals surface area contributed by atoms with Gasteiger partial charge < -0.3 is 9.72 Å². The van der Waals surface area contributed by atoms with Crippen molar-refractivity contribution in [1.82, 2.24) is 4.98 Å². The molecule has 1 aromatic heterocycles. The van der Waals surface area contributed by atoms with Gasteiger partial charge in [-0.2, -0.15) is 0 Å². The van der Waals surface area contributed by atoms with Crippen LogP contribution in [-0.2, 0) is 5.41 Å². The minimum atomic E-state index is -0.127. The number of aromatic amines is 1. The van der Waals surface area contributed by atoms with Crippen LogP contribution in [0.1, 0.15) is 37.5 Å². The second-order valence-electron chi connectivity index (χ2n) is 7.55. The molecular formula is C24H25NO2. The standard InChI is InChI=1S/C24H25NO2/c1-24(2,3)21-16-19(20-11-8-14-25-23(20)26)15-18(22(21)27-4)13-12-17-9-6-5-7-10-17/h5-16H,1-4H3,(H,25,26). The fraction of sp³-hybridized carbons (Fsp3) is 0.208.